The summed E-state index contributed by atoms with van der Waals surface area (Å²) in [6.07, 6.45) is 1.36. The molecule has 0 amide bonds. The van der Waals surface area contributed by atoms with Gasteiger partial charge in [0, 0.05) is 30.2 Å². The number of anilines is 1. The highest BCUT2D eigenvalue weighted by Gasteiger charge is 2.16. The van der Waals surface area contributed by atoms with E-state index in [1.165, 1.54) is 6.20 Å². The first-order chi connectivity index (χ1) is 8.18. The predicted octanol–water partition coefficient (Wildman–Crippen LogP) is 2.50. The van der Waals surface area contributed by atoms with Crippen LogP contribution in [0.3, 0.4) is 0 Å². The molecule has 1 aliphatic rings. The maximum absolute atomic E-state index is 10.7. The summed E-state index contributed by atoms with van der Waals surface area (Å²) in [6.45, 7) is 3.65. The van der Waals surface area contributed by atoms with Crippen molar-refractivity contribution < 1.29 is 4.92 Å². The molecule has 1 aliphatic heterocycles. The Morgan fingerprint density at radius 2 is 2.06 bits per heavy atom. The topological polar surface area (TPSA) is 59.3 Å². The summed E-state index contributed by atoms with van der Waals surface area (Å²) in [7, 11) is 3.73. The van der Waals surface area contributed by atoms with E-state index in [2.05, 4.69) is 9.88 Å². The highest BCUT2D eigenvalue weighted by molar-refractivity contribution is 8.76. The first-order valence-corrected chi connectivity index (χ1v) is 7.77. The van der Waals surface area contributed by atoms with Crippen LogP contribution < -0.4 is 4.90 Å². The summed E-state index contributed by atoms with van der Waals surface area (Å²) in [4.78, 5) is 16.7. The van der Waals surface area contributed by atoms with Crippen molar-refractivity contribution in [2.45, 2.75) is 6.92 Å². The Morgan fingerprint density at radius 1 is 1.41 bits per heavy atom. The van der Waals surface area contributed by atoms with Crippen molar-refractivity contribution in [1.82, 2.24) is 4.98 Å². The van der Waals surface area contributed by atoms with Crippen LogP contribution in [0.1, 0.15) is 5.56 Å². The summed E-state index contributed by atoms with van der Waals surface area (Å²) >= 11 is 0. The molecule has 0 N–H and O–H groups in total. The monoisotopic (exact) mass is 271 g/mol. The van der Waals surface area contributed by atoms with E-state index < -0.39 is 0 Å². The van der Waals surface area contributed by atoms with Crippen molar-refractivity contribution in [2.75, 3.05) is 29.5 Å². The maximum atomic E-state index is 10.7. The molecule has 0 aliphatic carbocycles. The average molecular weight is 271 g/mol. The first kappa shape index (κ1) is 12.5. The smallest absolute Gasteiger partial charge is 0.290 e. The summed E-state index contributed by atoms with van der Waals surface area (Å²) in [5, 5.41) is 10.7. The van der Waals surface area contributed by atoms with Gasteiger partial charge in [-0.3, -0.25) is 10.1 Å². The average Bonchev–Trinajstić information content (AvgIpc) is 2.56. The molecule has 1 saturated heterocycles. The molecule has 17 heavy (non-hydrogen) atoms. The Kier molecular flexibility index (Phi) is 4.11. The minimum atomic E-state index is -0.389. The maximum Gasteiger partial charge on any atom is 0.290 e. The fraction of sp³-hybridized carbons (Fsp3) is 0.500. The highest BCUT2D eigenvalue weighted by atomic mass is 33.1. The third-order valence-corrected chi connectivity index (χ3v) is 4.93. The fourth-order valence-electron chi connectivity index (χ4n) is 1.65. The second kappa shape index (κ2) is 5.59. The van der Waals surface area contributed by atoms with Crippen LogP contribution in [-0.4, -0.2) is 34.5 Å². The van der Waals surface area contributed by atoms with Gasteiger partial charge in [0.15, 0.2) is 0 Å². The van der Waals surface area contributed by atoms with Crippen LogP contribution in [-0.2, 0) is 0 Å². The largest absolute Gasteiger partial charge is 0.355 e. The number of nitrogens with zero attached hydrogens (tertiary/aromatic N) is 3. The van der Waals surface area contributed by atoms with Crippen molar-refractivity contribution in [3.63, 3.8) is 0 Å². The number of hydrogen-bond donors (Lipinski definition) is 0. The fourth-order valence-corrected chi connectivity index (χ4v) is 3.63. The van der Waals surface area contributed by atoms with E-state index in [1.54, 1.807) is 13.0 Å². The van der Waals surface area contributed by atoms with Gasteiger partial charge in [-0.1, -0.05) is 21.6 Å². The molecule has 0 radical (unpaired) electrons. The van der Waals surface area contributed by atoms with Crippen molar-refractivity contribution >= 4 is 33.1 Å². The van der Waals surface area contributed by atoms with Gasteiger partial charge >= 0.3 is 0 Å². The SMILES string of the molecule is Cc1cc(N2CCSSCC2)ncc1[N+](=O)[O-]. The van der Waals surface area contributed by atoms with Gasteiger partial charge in [0.25, 0.3) is 5.69 Å². The van der Waals surface area contributed by atoms with Crippen LogP contribution in [0.5, 0.6) is 0 Å². The number of rotatable bonds is 2. The Morgan fingerprint density at radius 3 is 2.59 bits per heavy atom. The molecule has 0 saturated carbocycles. The van der Waals surface area contributed by atoms with Gasteiger partial charge in [-0.2, -0.15) is 0 Å². The lowest BCUT2D eigenvalue weighted by atomic mass is 10.2. The number of nitro groups is 1. The Bertz CT molecular complexity index is 420. The molecule has 0 unspecified atom stereocenters. The van der Waals surface area contributed by atoms with Crippen molar-refractivity contribution in [2.24, 2.45) is 0 Å². The Hall–Kier alpha value is -0.950. The minimum Gasteiger partial charge on any atom is -0.355 e. The molecule has 0 spiro atoms. The second-order valence-electron chi connectivity index (χ2n) is 3.72. The number of hydrogen-bond acceptors (Lipinski definition) is 6. The summed E-state index contributed by atoms with van der Waals surface area (Å²) < 4.78 is 0. The molecule has 5 nitrogen and oxygen atoms in total. The number of aryl methyl sites for hydroxylation is 1. The molecule has 1 aromatic heterocycles. The van der Waals surface area contributed by atoms with Crippen LogP contribution >= 0.6 is 21.6 Å². The second-order valence-corrected chi connectivity index (χ2v) is 6.42. The zero-order valence-electron chi connectivity index (χ0n) is 9.46. The van der Waals surface area contributed by atoms with Gasteiger partial charge < -0.3 is 4.90 Å². The lowest BCUT2D eigenvalue weighted by Gasteiger charge is -2.20. The van der Waals surface area contributed by atoms with E-state index in [9.17, 15) is 10.1 Å². The molecular formula is C10H13N3O2S2. The van der Waals surface area contributed by atoms with E-state index >= 15 is 0 Å². The van der Waals surface area contributed by atoms with Crippen LogP contribution in [0.15, 0.2) is 12.3 Å². The lowest BCUT2D eigenvalue weighted by molar-refractivity contribution is -0.385. The Balaban J connectivity index is 2.21. The third-order valence-electron chi connectivity index (χ3n) is 2.56. The Labute approximate surface area is 108 Å². The third kappa shape index (κ3) is 3.04. The predicted molar refractivity (Wildman–Crippen MR) is 72.8 cm³/mol. The van der Waals surface area contributed by atoms with Crippen molar-refractivity contribution in [1.29, 1.82) is 0 Å². The molecule has 0 aromatic carbocycles. The standard InChI is InChI=1S/C10H13N3O2S2/c1-8-6-10(11-7-9(8)13(14)15)12-2-4-16-17-5-3-12/h6-7H,2-5H2,1H3. The molecule has 2 heterocycles. The van der Waals surface area contributed by atoms with Crippen LogP contribution in [0.4, 0.5) is 11.5 Å². The molecule has 2 rings (SSSR count). The minimum absolute atomic E-state index is 0.0901. The van der Waals surface area contributed by atoms with Gasteiger partial charge in [-0.15, -0.1) is 0 Å². The quantitative estimate of drug-likeness (QED) is 0.468. The van der Waals surface area contributed by atoms with E-state index in [4.69, 9.17) is 0 Å². The summed E-state index contributed by atoms with van der Waals surface area (Å²) in [6, 6.07) is 1.80. The molecule has 92 valence electrons. The summed E-state index contributed by atoms with van der Waals surface area (Å²) in [5.74, 6) is 2.96. The molecule has 7 heteroatoms. The zero-order valence-corrected chi connectivity index (χ0v) is 11.1. The first-order valence-electron chi connectivity index (χ1n) is 5.29. The molecular weight excluding hydrogens is 258 g/mol. The zero-order chi connectivity index (χ0) is 12.3. The van der Waals surface area contributed by atoms with Gasteiger partial charge in [-0.25, -0.2) is 4.98 Å². The molecule has 0 bridgehead atoms. The van der Waals surface area contributed by atoms with Crippen molar-refractivity contribution in [3.8, 4) is 0 Å². The highest BCUT2D eigenvalue weighted by Crippen LogP contribution is 2.27. The van der Waals surface area contributed by atoms with E-state index in [0.717, 1.165) is 30.4 Å². The van der Waals surface area contributed by atoms with Crippen LogP contribution in [0.25, 0.3) is 0 Å². The van der Waals surface area contributed by atoms with E-state index in [1.807, 2.05) is 21.6 Å². The molecule has 1 fully saturated rings. The molecule has 0 atom stereocenters. The summed E-state index contributed by atoms with van der Waals surface area (Å²) in [5.41, 5.74) is 0.761. The normalized spacial score (nSPS) is 16.6. The van der Waals surface area contributed by atoms with Gasteiger partial charge in [0.05, 0.1) is 4.92 Å². The van der Waals surface area contributed by atoms with Crippen LogP contribution in [0.2, 0.25) is 0 Å². The molecule has 1 aromatic rings. The van der Waals surface area contributed by atoms with E-state index in [-0.39, 0.29) is 10.6 Å². The van der Waals surface area contributed by atoms with Crippen molar-refractivity contribution in [3.05, 3.63) is 27.9 Å². The van der Waals surface area contributed by atoms with E-state index in [0.29, 0.717) is 5.56 Å². The van der Waals surface area contributed by atoms with Gasteiger partial charge in [0.2, 0.25) is 0 Å². The van der Waals surface area contributed by atoms with Gasteiger partial charge in [-0.05, 0) is 13.0 Å². The number of pyridine rings is 1. The number of aromatic nitrogens is 1. The lowest BCUT2D eigenvalue weighted by Crippen LogP contribution is -2.27. The van der Waals surface area contributed by atoms with Gasteiger partial charge in [0.1, 0.15) is 12.0 Å². The van der Waals surface area contributed by atoms with Crippen LogP contribution in [0, 0.1) is 17.0 Å².